The fourth-order valence-corrected chi connectivity index (χ4v) is 4.57. The van der Waals surface area contributed by atoms with Gasteiger partial charge in [-0.25, -0.2) is 0 Å². The van der Waals surface area contributed by atoms with Crippen molar-refractivity contribution < 1.29 is 4.42 Å². The molecule has 2 aromatic heterocycles. The maximum Gasteiger partial charge on any atom is 0.170 e. The number of hydrogen-bond donors (Lipinski definition) is 1. The van der Waals surface area contributed by atoms with E-state index in [1.807, 2.05) is 48.7 Å². The van der Waals surface area contributed by atoms with E-state index in [0.29, 0.717) is 5.92 Å². The minimum absolute atomic E-state index is 0.0186. The van der Waals surface area contributed by atoms with E-state index in [1.54, 1.807) is 11.8 Å². The molecule has 1 aromatic carbocycles. The van der Waals surface area contributed by atoms with Crippen molar-refractivity contribution in [2.24, 2.45) is 5.92 Å². The van der Waals surface area contributed by atoms with Crippen molar-refractivity contribution >= 4 is 29.1 Å². The maximum atomic E-state index is 6.28. The Bertz CT molecular complexity index is 927. The first-order valence-corrected chi connectivity index (χ1v) is 10.6. The molecule has 0 radical (unpaired) electrons. The number of nitrogens with zero attached hydrogens (tertiary/aromatic N) is 2. The van der Waals surface area contributed by atoms with E-state index in [0.717, 1.165) is 33.1 Å². The van der Waals surface area contributed by atoms with Crippen LogP contribution in [0.3, 0.4) is 0 Å². The van der Waals surface area contributed by atoms with Crippen molar-refractivity contribution in [3.8, 4) is 0 Å². The Morgan fingerprint density at radius 2 is 1.89 bits per heavy atom. The van der Waals surface area contributed by atoms with E-state index in [-0.39, 0.29) is 12.1 Å². The summed E-state index contributed by atoms with van der Waals surface area (Å²) in [7, 11) is 0. The van der Waals surface area contributed by atoms with Gasteiger partial charge in [0, 0.05) is 17.6 Å². The SMILES string of the molecule is CC(C)CN1C(=S)NC(c2ccccn2)C1c1ccc(Sc2ccccc2)o1. The molecule has 28 heavy (non-hydrogen) atoms. The Balaban J connectivity index is 1.65. The van der Waals surface area contributed by atoms with Crippen LogP contribution in [0.5, 0.6) is 0 Å². The average Bonchev–Trinajstić information content (AvgIpc) is 3.27. The molecule has 3 heterocycles. The molecule has 2 unspecified atom stereocenters. The lowest BCUT2D eigenvalue weighted by Gasteiger charge is -2.27. The predicted octanol–water partition coefficient (Wildman–Crippen LogP) is 5.45. The molecule has 1 aliphatic rings. The van der Waals surface area contributed by atoms with Crippen LogP contribution >= 0.6 is 24.0 Å². The van der Waals surface area contributed by atoms with Crippen molar-refractivity contribution in [1.29, 1.82) is 0 Å². The van der Waals surface area contributed by atoms with E-state index in [4.69, 9.17) is 16.6 Å². The van der Waals surface area contributed by atoms with Crippen LogP contribution in [0.1, 0.15) is 37.4 Å². The molecular formula is C22H23N3OS2. The highest BCUT2D eigenvalue weighted by atomic mass is 32.2. The molecule has 1 saturated heterocycles. The van der Waals surface area contributed by atoms with E-state index >= 15 is 0 Å². The molecule has 1 fully saturated rings. The zero-order chi connectivity index (χ0) is 19.5. The van der Waals surface area contributed by atoms with Crippen LogP contribution in [0.25, 0.3) is 0 Å². The van der Waals surface area contributed by atoms with Gasteiger partial charge in [-0.05, 0) is 54.5 Å². The molecule has 2 atom stereocenters. The molecule has 144 valence electrons. The summed E-state index contributed by atoms with van der Waals surface area (Å²) in [5.74, 6) is 1.39. The number of benzene rings is 1. The van der Waals surface area contributed by atoms with Crippen LogP contribution in [0.2, 0.25) is 0 Å². The van der Waals surface area contributed by atoms with Crippen molar-refractivity contribution in [1.82, 2.24) is 15.2 Å². The fraction of sp³-hybridized carbons (Fsp3) is 0.273. The van der Waals surface area contributed by atoms with E-state index in [1.165, 1.54) is 0 Å². The monoisotopic (exact) mass is 409 g/mol. The molecule has 0 spiro atoms. The zero-order valence-electron chi connectivity index (χ0n) is 15.9. The third kappa shape index (κ3) is 4.08. The van der Waals surface area contributed by atoms with Crippen LogP contribution in [-0.4, -0.2) is 21.5 Å². The van der Waals surface area contributed by atoms with Gasteiger partial charge in [0.1, 0.15) is 11.8 Å². The highest BCUT2D eigenvalue weighted by Crippen LogP contribution is 2.41. The fourth-order valence-electron chi connectivity index (χ4n) is 3.46. The van der Waals surface area contributed by atoms with Crippen LogP contribution in [-0.2, 0) is 0 Å². The van der Waals surface area contributed by atoms with Crippen LogP contribution in [0, 0.1) is 5.92 Å². The van der Waals surface area contributed by atoms with Crippen molar-refractivity contribution in [3.63, 3.8) is 0 Å². The third-order valence-electron chi connectivity index (χ3n) is 4.61. The van der Waals surface area contributed by atoms with E-state index < -0.39 is 0 Å². The maximum absolute atomic E-state index is 6.28. The van der Waals surface area contributed by atoms with Gasteiger partial charge in [0.2, 0.25) is 0 Å². The summed E-state index contributed by atoms with van der Waals surface area (Å²) < 4.78 is 6.28. The van der Waals surface area contributed by atoms with Gasteiger partial charge in [0.25, 0.3) is 0 Å². The van der Waals surface area contributed by atoms with Gasteiger partial charge < -0.3 is 14.6 Å². The third-order valence-corrected chi connectivity index (χ3v) is 5.90. The van der Waals surface area contributed by atoms with Gasteiger partial charge in [-0.15, -0.1) is 0 Å². The second-order valence-electron chi connectivity index (χ2n) is 7.24. The molecule has 0 aliphatic carbocycles. The summed E-state index contributed by atoms with van der Waals surface area (Å²) in [4.78, 5) is 7.95. The number of thiocarbonyl (C=S) groups is 1. The summed E-state index contributed by atoms with van der Waals surface area (Å²) in [6, 6.07) is 20.3. The van der Waals surface area contributed by atoms with Crippen LogP contribution in [0.4, 0.5) is 0 Å². The molecule has 0 saturated carbocycles. The van der Waals surface area contributed by atoms with E-state index in [9.17, 15) is 0 Å². The summed E-state index contributed by atoms with van der Waals surface area (Å²) >= 11 is 7.29. The summed E-state index contributed by atoms with van der Waals surface area (Å²) in [6.45, 7) is 5.26. The van der Waals surface area contributed by atoms with Crippen molar-refractivity contribution in [2.75, 3.05) is 6.54 Å². The smallest absolute Gasteiger partial charge is 0.170 e. The first-order valence-electron chi connectivity index (χ1n) is 9.42. The number of nitrogens with one attached hydrogen (secondary N) is 1. The van der Waals surface area contributed by atoms with Crippen molar-refractivity contribution in [2.45, 2.75) is 35.9 Å². The first kappa shape index (κ1) is 19.0. The lowest BCUT2D eigenvalue weighted by atomic mass is 10.0. The summed E-state index contributed by atoms with van der Waals surface area (Å²) in [5, 5.41) is 5.09. The number of rotatable bonds is 6. The molecular weight excluding hydrogens is 386 g/mol. The zero-order valence-corrected chi connectivity index (χ0v) is 17.5. The largest absolute Gasteiger partial charge is 0.452 e. The Morgan fingerprint density at radius 1 is 1.11 bits per heavy atom. The number of furan rings is 1. The van der Waals surface area contributed by atoms with Gasteiger partial charge in [-0.3, -0.25) is 4.98 Å². The highest BCUT2D eigenvalue weighted by molar-refractivity contribution is 7.99. The molecule has 3 aromatic rings. The molecule has 6 heteroatoms. The lowest BCUT2D eigenvalue weighted by Crippen LogP contribution is -2.32. The van der Waals surface area contributed by atoms with Gasteiger partial charge >= 0.3 is 0 Å². The molecule has 4 rings (SSSR count). The van der Waals surface area contributed by atoms with Gasteiger partial charge in [-0.1, -0.05) is 49.9 Å². The molecule has 1 aliphatic heterocycles. The second kappa shape index (κ2) is 8.37. The summed E-state index contributed by atoms with van der Waals surface area (Å²) in [5.41, 5.74) is 0.967. The summed E-state index contributed by atoms with van der Waals surface area (Å²) in [6.07, 6.45) is 1.82. The minimum atomic E-state index is -0.0341. The first-order chi connectivity index (χ1) is 13.6. The predicted molar refractivity (Wildman–Crippen MR) is 116 cm³/mol. The highest BCUT2D eigenvalue weighted by Gasteiger charge is 2.41. The molecule has 4 nitrogen and oxygen atoms in total. The van der Waals surface area contributed by atoms with Crippen LogP contribution in [0.15, 0.2) is 81.3 Å². The Morgan fingerprint density at radius 3 is 2.61 bits per heavy atom. The topological polar surface area (TPSA) is 41.3 Å². The standard InChI is InChI=1S/C22H23N3OS2/c1-15(2)14-25-21(20(24-22(25)27)17-10-6-7-13-23-17)18-11-12-19(26-18)28-16-8-4-3-5-9-16/h3-13,15,20-21H,14H2,1-2H3,(H,24,27). The van der Waals surface area contributed by atoms with Gasteiger partial charge in [-0.2, -0.15) is 0 Å². The Hall–Kier alpha value is -2.31. The average molecular weight is 410 g/mol. The normalized spacial score (nSPS) is 19.2. The van der Waals surface area contributed by atoms with E-state index in [2.05, 4.69) is 47.2 Å². The van der Waals surface area contributed by atoms with Gasteiger partial charge in [0.15, 0.2) is 10.2 Å². The Kier molecular flexibility index (Phi) is 5.69. The second-order valence-corrected chi connectivity index (χ2v) is 8.71. The number of hydrogen-bond acceptors (Lipinski definition) is 4. The molecule has 0 amide bonds. The quantitative estimate of drug-likeness (QED) is 0.546. The number of aromatic nitrogens is 1. The molecule has 1 N–H and O–H groups in total. The van der Waals surface area contributed by atoms with Crippen molar-refractivity contribution in [3.05, 3.63) is 78.3 Å². The minimum Gasteiger partial charge on any atom is -0.452 e. The van der Waals surface area contributed by atoms with Gasteiger partial charge in [0.05, 0.1) is 11.7 Å². The van der Waals surface area contributed by atoms with Crippen LogP contribution < -0.4 is 5.32 Å². The number of pyridine rings is 1. The Labute approximate surface area is 175 Å². The molecule has 0 bridgehead atoms. The lowest BCUT2D eigenvalue weighted by molar-refractivity contribution is 0.242.